The Morgan fingerprint density at radius 2 is 1.88 bits per heavy atom. The van der Waals surface area contributed by atoms with E-state index >= 15 is 0 Å². The Morgan fingerprint density at radius 1 is 1.08 bits per heavy atom. The number of pyridine rings is 1. The van der Waals surface area contributed by atoms with Crippen molar-refractivity contribution < 1.29 is 4.79 Å². The fraction of sp³-hybridized carbons (Fsp3) is 0.381. The number of ketones is 1. The topological polar surface area (TPSA) is 46.1 Å². The summed E-state index contributed by atoms with van der Waals surface area (Å²) in [6, 6.07) is 9.72. The van der Waals surface area contributed by atoms with Gasteiger partial charge in [-0.2, -0.15) is 0 Å². The van der Waals surface area contributed by atoms with E-state index in [1.165, 1.54) is 25.7 Å². The van der Waals surface area contributed by atoms with Crippen LogP contribution in [0.25, 0.3) is 21.2 Å². The van der Waals surface area contributed by atoms with Crippen molar-refractivity contribution in [1.82, 2.24) is 14.9 Å². The quantitative estimate of drug-likeness (QED) is 0.685. The zero-order chi connectivity index (χ0) is 17.5. The van der Waals surface area contributed by atoms with E-state index in [4.69, 9.17) is 0 Å². The maximum atomic E-state index is 12.6. The number of carbonyl (C=O) groups is 1. The lowest BCUT2D eigenvalue weighted by Crippen LogP contribution is -2.34. The first kappa shape index (κ1) is 16.1. The zero-order valence-corrected chi connectivity index (χ0v) is 15.4. The summed E-state index contributed by atoms with van der Waals surface area (Å²) in [7, 11) is 0. The third-order valence-electron chi connectivity index (χ3n) is 5.84. The molecular formula is C21H21N3OS. The first-order valence-corrected chi connectivity index (χ1v) is 10.2. The zero-order valence-electron chi connectivity index (χ0n) is 14.6. The number of benzene rings is 1. The Morgan fingerprint density at radius 3 is 2.62 bits per heavy atom. The average Bonchev–Trinajstić information content (AvgIpc) is 3.39. The number of hydrogen-bond acceptors (Lipinski definition) is 5. The van der Waals surface area contributed by atoms with Gasteiger partial charge in [-0.1, -0.05) is 12.1 Å². The lowest BCUT2D eigenvalue weighted by atomic mass is 10.0. The van der Waals surface area contributed by atoms with Crippen LogP contribution in [0.5, 0.6) is 0 Å². The van der Waals surface area contributed by atoms with Crippen LogP contribution in [-0.2, 0) is 11.2 Å². The van der Waals surface area contributed by atoms with Gasteiger partial charge in [-0.3, -0.25) is 19.7 Å². The maximum absolute atomic E-state index is 12.6. The van der Waals surface area contributed by atoms with Crippen molar-refractivity contribution in [2.45, 2.75) is 44.2 Å². The van der Waals surface area contributed by atoms with Crippen LogP contribution in [0.4, 0.5) is 0 Å². The molecule has 2 aliphatic rings. The van der Waals surface area contributed by atoms with Crippen LogP contribution in [-0.4, -0.2) is 39.3 Å². The SMILES string of the molecule is O=C(Cc1cc2cc(-c3cncs3)ccc2cn1)CN1C2CCC1CC2. The summed E-state index contributed by atoms with van der Waals surface area (Å²) in [5.74, 6) is 0.286. The van der Waals surface area contributed by atoms with E-state index in [-0.39, 0.29) is 5.78 Å². The Bertz CT molecular complexity index is 933. The Hall–Kier alpha value is -2.11. The molecule has 0 unspecified atom stereocenters. The summed E-state index contributed by atoms with van der Waals surface area (Å²) in [6.45, 7) is 0.593. The van der Waals surface area contributed by atoms with Crippen molar-refractivity contribution >= 4 is 27.9 Å². The van der Waals surface area contributed by atoms with Crippen LogP contribution >= 0.6 is 11.3 Å². The molecule has 0 N–H and O–H groups in total. The van der Waals surface area contributed by atoms with Gasteiger partial charge in [0.1, 0.15) is 0 Å². The van der Waals surface area contributed by atoms with E-state index in [2.05, 4.69) is 39.1 Å². The monoisotopic (exact) mass is 363 g/mol. The Labute approximate surface area is 156 Å². The van der Waals surface area contributed by atoms with E-state index in [9.17, 15) is 4.79 Å². The van der Waals surface area contributed by atoms with E-state index < -0.39 is 0 Å². The molecule has 0 amide bonds. The highest BCUT2D eigenvalue weighted by Gasteiger charge is 2.39. The maximum Gasteiger partial charge on any atom is 0.152 e. The Kier molecular flexibility index (Phi) is 4.06. The molecular weight excluding hydrogens is 342 g/mol. The van der Waals surface area contributed by atoms with Gasteiger partial charge >= 0.3 is 0 Å². The van der Waals surface area contributed by atoms with Crippen molar-refractivity contribution in [2.24, 2.45) is 0 Å². The van der Waals surface area contributed by atoms with Crippen LogP contribution in [0.1, 0.15) is 31.4 Å². The van der Waals surface area contributed by atoms with Gasteiger partial charge in [0.05, 0.1) is 23.4 Å². The molecule has 0 atom stereocenters. The molecule has 1 aromatic carbocycles. The van der Waals surface area contributed by atoms with Gasteiger partial charge < -0.3 is 0 Å². The highest BCUT2D eigenvalue weighted by Crippen LogP contribution is 2.37. The fourth-order valence-corrected chi connectivity index (χ4v) is 5.15. The van der Waals surface area contributed by atoms with Gasteiger partial charge in [-0.25, -0.2) is 0 Å². The molecule has 0 saturated carbocycles. The summed E-state index contributed by atoms with van der Waals surface area (Å²) in [4.78, 5) is 24.9. The standard InChI is InChI=1S/C21H21N3OS/c25-20(12-24-18-3-4-19(24)6-5-18)9-17-8-16-7-14(21-11-22-13-26-21)1-2-15(16)10-23-17/h1-2,7-8,10-11,13,18-19H,3-6,9,12H2. The summed E-state index contributed by atoms with van der Waals surface area (Å²) < 4.78 is 0. The van der Waals surface area contributed by atoms with Crippen LogP contribution in [0.2, 0.25) is 0 Å². The van der Waals surface area contributed by atoms with E-state index in [0.29, 0.717) is 25.0 Å². The van der Waals surface area contributed by atoms with Gasteiger partial charge in [0.2, 0.25) is 0 Å². The van der Waals surface area contributed by atoms with Crippen molar-refractivity contribution in [2.75, 3.05) is 6.54 Å². The smallest absolute Gasteiger partial charge is 0.152 e. The highest BCUT2D eigenvalue weighted by molar-refractivity contribution is 7.13. The number of hydrogen-bond donors (Lipinski definition) is 0. The molecule has 26 heavy (non-hydrogen) atoms. The number of fused-ring (bicyclic) bond motifs is 3. The fourth-order valence-electron chi connectivity index (χ4n) is 4.53. The van der Waals surface area contributed by atoms with Gasteiger partial charge in [0.25, 0.3) is 0 Å². The molecule has 2 aromatic heterocycles. The summed E-state index contributed by atoms with van der Waals surface area (Å²) in [6.07, 6.45) is 9.28. The minimum absolute atomic E-state index is 0.286. The molecule has 2 bridgehead atoms. The minimum atomic E-state index is 0.286. The predicted octanol–water partition coefficient (Wildman–Crippen LogP) is 4.10. The van der Waals surface area contributed by atoms with Crippen LogP contribution in [0.15, 0.2) is 42.2 Å². The number of aromatic nitrogens is 2. The van der Waals surface area contributed by atoms with E-state index in [1.54, 1.807) is 11.3 Å². The van der Waals surface area contributed by atoms with Gasteiger partial charge in [0, 0.05) is 35.6 Å². The second kappa shape index (κ2) is 6.56. The average molecular weight is 363 g/mol. The second-order valence-corrected chi connectivity index (χ2v) is 8.34. The Balaban J connectivity index is 1.34. The van der Waals surface area contributed by atoms with Gasteiger partial charge in [-0.05, 0) is 48.8 Å². The van der Waals surface area contributed by atoms with Crippen molar-refractivity contribution in [3.63, 3.8) is 0 Å². The molecule has 5 rings (SSSR count). The van der Waals surface area contributed by atoms with Crippen molar-refractivity contribution in [3.05, 3.63) is 47.9 Å². The summed E-state index contributed by atoms with van der Waals surface area (Å²) in [5, 5.41) is 2.24. The lowest BCUT2D eigenvalue weighted by molar-refractivity contribution is -0.119. The first-order valence-electron chi connectivity index (χ1n) is 9.31. The molecule has 0 spiro atoms. The number of rotatable bonds is 5. The van der Waals surface area contributed by atoms with E-state index in [0.717, 1.165) is 26.9 Å². The number of nitrogens with zero attached hydrogens (tertiary/aromatic N) is 3. The molecule has 5 heteroatoms. The van der Waals surface area contributed by atoms with Crippen LogP contribution in [0, 0.1) is 0 Å². The molecule has 4 nitrogen and oxygen atoms in total. The number of Topliss-reactive ketones (excluding diaryl/α,β-unsaturated/α-hetero) is 1. The molecule has 2 saturated heterocycles. The first-order chi connectivity index (χ1) is 12.8. The largest absolute Gasteiger partial charge is 0.298 e. The molecule has 3 aromatic rings. The third-order valence-corrected chi connectivity index (χ3v) is 6.66. The number of carbonyl (C=O) groups excluding carboxylic acids is 1. The van der Waals surface area contributed by atoms with Gasteiger partial charge in [0.15, 0.2) is 5.78 Å². The third kappa shape index (κ3) is 2.95. The molecule has 2 aliphatic heterocycles. The van der Waals surface area contributed by atoms with Crippen molar-refractivity contribution in [1.29, 1.82) is 0 Å². The highest BCUT2D eigenvalue weighted by atomic mass is 32.1. The van der Waals surface area contributed by atoms with Crippen LogP contribution in [0.3, 0.4) is 0 Å². The molecule has 2 fully saturated rings. The molecule has 0 aliphatic carbocycles. The normalized spacial score (nSPS) is 22.3. The van der Waals surface area contributed by atoms with Crippen LogP contribution < -0.4 is 0 Å². The van der Waals surface area contributed by atoms with Gasteiger partial charge in [-0.15, -0.1) is 11.3 Å². The molecule has 0 radical (unpaired) electrons. The minimum Gasteiger partial charge on any atom is -0.298 e. The summed E-state index contributed by atoms with van der Waals surface area (Å²) in [5.41, 5.74) is 3.88. The van der Waals surface area contributed by atoms with E-state index in [1.807, 2.05) is 17.9 Å². The molecule has 132 valence electrons. The lowest BCUT2D eigenvalue weighted by Gasteiger charge is -2.20. The second-order valence-electron chi connectivity index (χ2n) is 7.45. The predicted molar refractivity (Wildman–Crippen MR) is 104 cm³/mol. The number of thiazole rings is 1. The summed E-state index contributed by atoms with van der Waals surface area (Å²) >= 11 is 1.64. The molecule has 4 heterocycles. The van der Waals surface area contributed by atoms with Crippen molar-refractivity contribution in [3.8, 4) is 10.4 Å².